The Balaban J connectivity index is 1.74. The van der Waals surface area contributed by atoms with Gasteiger partial charge in [0.2, 0.25) is 5.91 Å². The molecule has 0 aliphatic heterocycles. The molecule has 1 aliphatic carbocycles. The minimum atomic E-state index is 0.0847. The van der Waals surface area contributed by atoms with Gasteiger partial charge in [0, 0.05) is 18.8 Å². The predicted octanol–water partition coefficient (Wildman–Crippen LogP) is 1.01. The SMILES string of the molecule is CCc1cccnc1CNCC(=O)NC1CC1. The highest BCUT2D eigenvalue weighted by Crippen LogP contribution is 2.18. The molecule has 92 valence electrons. The Labute approximate surface area is 102 Å². The van der Waals surface area contributed by atoms with Crippen LogP contribution in [-0.2, 0) is 17.8 Å². The molecule has 2 rings (SSSR count). The van der Waals surface area contributed by atoms with E-state index in [4.69, 9.17) is 0 Å². The van der Waals surface area contributed by atoms with Gasteiger partial charge in [-0.3, -0.25) is 9.78 Å². The summed E-state index contributed by atoms with van der Waals surface area (Å²) in [5, 5.41) is 6.08. The molecule has 1 aromatic rings. The molecule has 1 amide bonds. The van der Waals surface area contributed by atoms with Gasteiger partial charge in [0.15, 0.2) is 0 Å². The van der Waals surface area contributed by atoms with Crippen LogP contribution in [0, 0.1) is 0 Å². The molecule has 4 nitrogen and oxygen atoms in total. The molecule has 1 aliphatic rings. The molecule has 17 heavy (non-hydrogen) atoms. The van der Waals surface area contributed by atoms with E-state index in [1.165, 1.54) is 5.56 Å². The number of pyridine rings is 1. The summed E-state index contributed by atoms with van der Waals surface area (Å²) in [5.74, 6) is 0.0847. The minimum Gasteiger partial charge on any atom is -0.352 e. The summed E-state index contributed by atoms with van der Waals surface area (Å²) in [7, 11) is 0. The topological polar surface area (TPSA) is 54.0 Å². The van der Waals surface area contributed by atoms with Crippen LogP contribution in [0.1, 0.15) is 31.0 Å². The summed E-state index contributed by atoms with van der Waals surface area (Å²) in [4.78, 5) is 15.8. The van der Waals surface area contributed by atoms with Gasteiger partial charge in [0.1, 0.15) is 0 Å². The number of rotatable bonds is 6. The van der Waals surface area contributed by atoms with Crippen molar-refractivity contribution in [2.24, 2.45) is 0 Å². The van der Waals surface area contributed by atoms with Crippen LogP contribution >= 0.6 is 0 Å². The lowest BCUT2D eigenvalue weighted by atomic mass is 10.1. The Hall–Kier alpha value is -1.42. The number of amides is 1. The van der Waals surface area contributed by atoms with E-state index in [2.05, 4.69) is 28.6 Å². The maximum atomic E-state index is 11.4. The van der Waals surface area contributed by atoms with E-state index in [1.807, 2.05) is 6.07 Å². The minimum absolute atomic E-state index is 0.0847. The fraction of sp³-hybridized carbons (Fsp3) is 0.538. The summed E-state index contributed by atoms with van der Waals surface area (Å²) in [6.07, 6.45) is 5.03. The van der Waals surface area contributed by atoms with Crippen LogP contribution in [0.15, 0.2) is 18.3 Å². The van der Waals surface area contributed by atoms with Crippen molar-refractivity contribution < 1.29 is 4.79 Å². The molecule has 1 aromatic heterocycles. The highest BCUT2D eigenvalue weighted by molar-refractivity contribution is 5.78. The number of hydrogen-bond donors (Lipinski definition) is 2. The lowest BCUT2D eigenvalue weighted by Gasteiger charge is -2.08. The van der Waals surface area contributed by atoms with Gasteiger partial charge in [-0.05, 0) is 30.9 Å². The van der Waals surface area contributed by atoms with E-state index in [0.29, 0.717) is 19.1 Å². The molecule has 1 saturated carbocycles. The molecule has 0 aromatic carbocycles. The second-order valence-corrected chi connectivity index (χ2v) is 4.41. The smallest absolute Gasteiger partial charge is 0.234 e. The molecule has 4 heteroatoms. The number of aromatic nitrogens is 1. The Morgan fingerprint density at radius 2 is 2.35 bits per heavy atom. The predicted molar refractivity (Wildman–Crippen MR) is 66.5 cm³/mol. The Bertz CT molecular complexity index is 388. The summed E-state index contributed by atoms with van der Waals surface area (Å²) in [6.45, 7) is 3.14. The summed E-state index contributed by atoms with van der Waals surface area (Å²) < 4.78 is 0. The highest BCUT2D eigenvalue weighted by Gasteiger charge is 2.22. The highest BCUT2D eigenvalue weighted by atomic mass is 16.2. The number of hydrogen-bond acceptors (Lipinski definition) is 3. The number of carbonyl (C=O) groups excluding carboxylic acids is 1. The molecular formula is C13H19N3O. The summed E-state index contributed by atoms with van der Waals surface area (Å²) >= 11 is 0. The standard InChI is InChI=1S/C13H19N3O/c1-2-10-4-3-7-15-12(10)8-14-9-13(17)16-11-5-6-11/h3-4,7,11,14H,2,5-6,8-9H2,1H3,(H,16,17). The number of carbonyl (C=O) groups is 1. The molecular weight excluding hydrogens is 214 g/mol. The second kappa shape index (κ2) is 5.77. The van der Waals surface area contributed by atoms with E-state index < -0.39 is 0 Å². The van der Waals surface area contributed by atoms with Gasteiger partial charge in [0.05, 0.1) is 12.2 Å². The maximum Gasteiger partial charge on any atom is 0.234 e. The van der Waals surface area contributed by atoms with Gasteiger partial charge in [-0.1, -0.05) is 13.0 Å². The lowest BCUT2D eigenvalue weighted by Crippen LogP contribution is -2.35. The molecule has 1 heterocycles. The molecule has 0 radical (unpaired) electrons. The average molecular weight is 233 g/mol. The Kier molecular flexibility index (Phi) is 4.09. The van der Waals surface area contributed by atoms with Gasteiger partial charge >= 0.3 is 0 Å². The van der Waals surface area contributed by atoms with Crippen LogP contribution in [0.5, 0.6) is 0 Å². The van der Waals surface area contributed by atoms with E-state index in [9.17, 15) is 4.79 Å². The molecule has 0 spiro atoms. The first kappa shape index (κ1) is 12.0. The fourth-order valence-corrected chi connectivity index (χ4v) is 1.75. The van der Waals surface area contributed by atoms with Crippen molar-refractivity contribution in [3.05, 3.63) is 29.6 Å². The largest absolute Gasteiger partial charge is 0.352 e. The van der Waals surface area contributed by atoms with Crippen molar-refractivity contribution in [2.45, 2.75) is 38.8 Å². The maximum absolute atomic E-state index is 11.4. The molecule has 2 N–H and O–H groups in total. The van der Waals surface area contributed by atoms with Crippen molar-refractivity contribution in [1.82, 2.24) is 15.6 Å². The third kappa shape index (κ3) is 3.82. The van der Waals surface area contributed by atoms with E-state index >= 15 is 0 Å². The van der Waals surface area contributed by atoms with Gasteiger partial charge in [0.25, 0.3) is 0 Å². The van der Waals surface area contributed by atoms with E-state index in [0.717, 1.165) is 25.0 Å². The monoisotopic (exact) mass is 233 g/mol. The van der Waals surface area contributed by atoms with Crippen LogP contribution in [-0.4, -0.2) is 23.5 Å². The molecule has 1 fully saturated rings. The van der Waals surface area contributed by atoms with Crippen LogP contribution < -0.4 is 10.6 Å². The normalized spacial score (nSPS) is 14.6. The van der Waals surface area contributed by atoms with Gasteiger partial charge in [-0.15, -0.1) is 0 Å². The van der Waals surface area contributed by atoms with Crippen LogP contribution in [0.25, 0.3) is 0 Å². The zero-order chi connectivity index (χ0) is 12.1. The first-order chi connectivity index (χ1) is 8.29. The first-order valence-electron chi connectivity index (χ1n) is 6.22. The van der Waals surface area contributed by atoms with Crippen LogP contribution in [0.4, 0.5) is 0 Å². The van der Waals surface area contributed by atoms with Crippen LogP contribution in [0.3, 0.4) is 0 Å². The first-order valence-corrected chi connectivity index (χ1v) is 6.22. The molecule has 0 atom stereocenters. The molecule has 0 saturated heterocycles. The zero-order valence-corrected chi connectivity index (χ0v) is 10.2. The Morgan fingerprint density at radius 1 is 1.53 bits per heavy atom. The number of nitrogens with zero attached hydrogens (tertiary/aromatic N) is 1. The van der Waals surface area contributed by atoms with Gasteiger partial charge in [-0.25, -0.2) is 0 Å². The van der Waals surface area contributed by atoms with Gasteiger partial charge < -0.3 is 10.6 Å². The van der Waals surface area contributed by atoms with E-state index in [-0.39, 0.29) is 5.91 Å². The van der Waals surface area contributed by atoms with Crippen molar-refractivity contribution in [3.8, 4) is 0 Å². The number of nitrogens with one attached hydrogen (secondary N) is 2. The van der Waals surface area contributed by atoms with Gasteiger partial charge in [-0.2, -0.15) is 0 Å². The molecule has 0 unspecified atom stereocenters. The van der Waals surface area contributed by atoms with E-state index in [1.54, 1.807) is 6.20 Å². The zero-order valence-electron chi connectivity index (χ0n) is 10.2. The fourth-order valence-electron chi connectivity index (χ4n) is 1.75. The molecule has 0 bridgehead atoms. The van der Waals surface area contributed by atoms with Crippen molar-refractivity contribution >= 4 is 5.91 Å². The number of aryl methyl sites for hydroxylation is 1. The van der Waals surface area contributed by atoms with Crippen molar-refractivity contribution in [3.63, 3.8) is 0 Å². The van der Waals surface area contributed by atoms with Crippen LogP contribution in [0.2, 0.25) is 0 Å². The second-order valence-electron chi connectivity index (χ2n) is 4.41. The summed E-state index contributed by atoms with van der Waals surface area (Å²) in [6, 6.07) is 4.46. The summed E-state index contributed by atoms with van der Waals surface area (Å²) in [5.41, 5.74) is 2.27. The third-order valence-corrected chi connectivity index (χ3v) is 2.89. The Morgan fingerprint density at radius 3 is 3.06 bits per heavy atom. The van der Waals surface area contributed by atoms with Crippen molar-refractivity contribution in [1.29, 1.82) is 0 Å². The van der Waals surface area contributed by atoms with Crippen molar-refractivity contribution in [2.75, 3.05) is 6.54 Å². The lowest BCUT2D eigenvalue weighted by molar-refractivity contribution is -0.120. The third-order valence-electron chi connectivity index (χ3n) is 2.89. The quantitative estimate of drug-likeness (QED) is 0.771. The average Bonchev–Trinajstić information content (AvgIpc) is 3.13.